The number of hydrogen-bond acceptors (Lipinski definition) is 2. The summed E-state index contributed by atoms with van der Waals surface area (Å²) in [5.74, 6) is -0.564. The third-order valence-electron chi connectivity index (χ3n) is 2.26. The second kappa shape index (κ2) is 6.39. The van der Waals surface area contributed by atoms with E-state index in [1.165, 1.54) is 0 Å². The van der Waals surface area contributed by atoms with Gasteiger partial charge in [-0.25, -0.2) is 0 Å². The van der Waals surface area contributed by atoms with E-state index in [4.69, 9.17) is 5.73 Å². The summed E-state index contributed by atoms with van der Waals surface area (Å²) < 4.78 is 0. The minimum atomic E-state index is -0.479. The Morgan fingerprint density at radius 1 is 1.35 bits per heavy atom. The number of carbonyl (C=O) groups excluding carboxylic acids is 2. The second-order valence-electron chi connectivity index (χ2n) is 3.69. The van der Waals surface area contributed by atoms with Gasteiger partial charge < -0.3 is 11.1 Å². The molecule has 3 N–H and O–H groups in total. The molecule has 4 nitrogen and oxygen atoms in total. The van der Waals surface area contributed by atoms with E-state index < -0.39 is 5.91 Å². The molecule has 5 heteroatoms. The summed E-state index contributed by atoms with van der Waals surface area (Å²) in [5.41, 5.74) is 6.20. The molecular formula is C12H15BrN2O2. The summed E-state index contributed by atoms with van der Waals surface area (Å²) >= 11 is 3.31. The van der Waals surface area contributed by atoms with Crippen LogP contribution in [0.2, 0.25) is 0 Å². The van der Waals surface area contributed by atoms with E-state index in [1.807, 2.05) is 6.92 Å². The first kappa shape index (κ1) is 13.7. The summed E-state index contributed by atoms with van der Waals surface area (Å²) in [5, 5.41) is 2.75. The average molecular weight is 299 g/mol. The molecule has 1 unspecified atom stereocenters. The fourth-order valence-electron chi connectivity index (χ4n) is 1.32. The summed E-state index contributed by atoms with van der Waals surface area (Å²) in [6, 6.07) is 6.48. The van der Waals surface area contributed by atoms with Crippen LogP contribution in [0.25, 0.3) is 0 Å². The first-order valence-electron chi connectivity index (χ1n) is 5.39. The third kappa shape index (κ3) is 4.19. The zero-order chi connectivity index (χ0) is 12.8. The van der Waals surface area contributed by atoms with Gasteiger partial charge in [0.15, 0.2) is 0 Å². The van der Waals surface area contributed by atoms with Crippen LogP contribution in [0.15, 0.2) is 24.3 Å². The van der Waals surface area contributed by atoms with Crippen LogP contribution in [0.3, 0.4) is 0 Å². The van der Waals surface area contributed by atoms with Gasteiger partial charge in [-0.05, 0) is 30.7 Å². The van der Waals surface area contributed by atoms with Gasteiger partial charge in [0.25, 0.3) is 0 Å². The van der Waals surface area contributed by atoms with Crippen molar-refractivity contribution >= 4 is 33.4 Å². The van der Waals surface area contributed by atoms with Crippen LogP contribution >= 0.6 is 15.9 Å². The van der Waals surface area contributed by atoms with Crippen molar-refractivity contribution in [1.29, 1.82) is 0 Å². The molecule has 1 aromatic carbocycles. The molecule has 0 aliphatic heterocycles. The van der Waals surface area contributed by atoms with Crippen molar-refractivity contribution in [1.82, 2.24) is 0 Å². The van der Waals surface area contributed by atoms with Crippen molar-refractivity contribution in [2.75, 3.05) is 5.32 Å². The summed E-state index contributed by atoms with van der Waals surface area (Å²) in [6.07, 6.45) is 1.72. The molecule has 0 saturated heterocycles. The lowest BCUT2D eigenvalue weighted by Crippen LogP contribution is -2.22. The van der Waals surface area contributed by atoms with E-state index in [1.54, 1.807) is 24.3 Å². The van der Waals surface area contributed by atoms with Gasteiger partial charge >= 0.3 is 0 Å². The molecule has 0 bridgehead atoms. The molecule has 0 radical (unpaired) electrons. The largest absolute Gasteiger partial charge is 0.366 e. The van der Waals surface area contributed by atoms with Crippen LogP contribution in [0.5, 0.6) is 0 Å². The van der Waals surface area contributed by atoms with Crippen molar-refractivity contribution in [2.24, 2.45) is 5.73 Å². The minimum absolute atomic E-state index is 0.0846. The smallest absolute Gasteiger partial charge is 0.248 e. The molecule has 0 saturated carbocycles. The highest BCUT2D eigenvalue weighted by atomic mass is 79.9. The molecular weight excluding hydrogens is 284 g/mol. The van der Waals surface area contributed by atoms with E-state index in [0.29, 0.717) is 11.3 Å². The van der Waals surface area contributed by atoms with Gasteiger partial charge in [0.05, 0.1) is 4.83 Å². The van der Waals surface area contributed by atoms with Crippen LogP contribution in [-0.4, -0.2) is 16.6 Å². The number of amides is 2. The number of rotatable bonds is 5. The number of nitrogens with one attached hydrogen (secondary N) is 1. The molecule has 0 heterocycles. The Bertz CT molecular complexity index is 403. The summed E-state index contributed by atoms with van der Waals surface area (Å²) in [6.45, 7) is 2.02. The fraction of sp³-hybridized carbons (Fsp3) is 0.333. The molecule has 2 amide bonds. The van der Waals surface area contributed by atoms with E-state index in [-0.39, 0.29) is 10.7 Å². The Morgan fingerprint density at radius 2 is 1.94 bits per heavy atom. The maximum atomic E-state index is 11.7. The molecule has 0 aromatic heterocycles. The number of nitrogens with two attached hydrogens (primary N) is 1. The Morgan fingerprint density at radius 3 is 2.41 bits per heavy atom. The van der Waals surface area contributed by atoms with Crippen molar-refractivity contribution in [3.05, 3.63) is 29.8 Å². The summed E-state index contributed by atoms with van der Waals surface area (Å²) in [4.78, 5) is 22.3. The topological polar surface area (TPSA) is 72.2 Å². The molecule has 0 aliphatic rings. The Kier molecular flexibility index (Phi) is 5.15. The van der Waals surface area contributed by atoms with Gasteiger partial charge in [0.2, 0.25) is 11.8 Å². The molecule has 1 aromatic rings. The second-order valence-corrected chi connectivity index (χ2v) is 4.79. The van der Waals surface area contributed by atoms with Gasteiger partial charge in [-0.3, -0.25) is 9.59 Å². The van der Waals surface area contributed by atoms with Crippen LogP contribution in [0.4, 0.5) is 5.69 Å². The van der Waals surface area contributed by atoms with E-state index in [0.717, 1.165) is 12.8 Å². The van der Waals surface area contributed by atoms with Gasteiger partial charge in [0.1, 0.15) is 0 Å². The van der Waals surface area contributed by atoms with Crippen molar-refractivity contribution in [3.8, 4) is 0 Å². The lowest BCUT2D eigenvalue weighted by atomic mass is 10.2. The highest BCUT2D eigenvalue weighted by Gasteiger charge is 2.13. The van der Waals surface area contributed by atoms with Crippen LogP contribution in [0.1, 0.15) is 30.1 Å². The SMILES string of the molecule is CCCC(Br)C(=O)Nc1ccc(C(N)=O)cc1. The normalized spacial score (nSPS) is 11.9. The highest BCUT2D eigenvalue weighted by molar-refractivity contribution is 9.10. The number of primary amides is 1. The van der Waals surface area contributed by atoms with Crippen molar-refractivity contribution in [3.63, 3.8) is 0 Å². The highest BCUT2D eigenvalue weighted by Crippen LogP contribution is 2.13. The first-order chi connectivity index (χ1) is 8.04. The van der Waals surface area contributed by atoms with Gasteiger partial charge in [0, 0.05) is 11.3 Å². The maximum Gasteiger partial charge on any atom is 0.248 e. The standard InChI is InChI=1S/C12H15BrN2O2/c1-2-3-10(13)12(17)15-9-6-4-8(5-7-9)11(14)16/h4-7,10H,2-3H2,1H3,(H2,14,16)(H,15,17). The zero-order valence-corrected chi connectivity index (χ0v) is 11.2. The van der Waals surface area contributed by atoms with E-state index >= 15 is 0 Å². The van der Waals surface area contributed by atoms with Crippen LogP contribution < -0.4 is 11.1 Å². The number of carbonyl (C=O) groups is 2. The molecule has 17 heavy (non-hydrogen) atoms. The van der Waals surface area contributed by atoms with Gasteiger partial charge in [-0.1, -0.05) is 29.3 Å². The number of halogens is 1. The minimum Gasteiger partial charge on any atom is -0.366 e. The Balaban J connectivity index is 2.63. The van der Waals surface area contributed by atoms with E-state index in [9.17, 15) is 9.59 Å². The van der Waals surface area contributed by atoms with E-state index in [2.05, 4.69) is 21.2 Å². The van der Waals surface area contributed by atoms with Gasteiger partial charge in [-0.2, -0.15) is 0 Å². The predicted molar refractivity (Wildman–Crippen MR) is 71.2 cm³/mol. The lowest BCUT2D eigenvalue weighted by molar-refractivity contribution is -0.115. The zero-order valence-electron chi connectivity index (χ0n) is 9.57. The molecule has 1 rings (SSSR count). The number of hydrogen-bond donors (Lipinski definition) is 2. The van der Waals surface area contributed by atoms with Crippen LogP contribution in [0, 0.1) is 0 Å². The number of anilines is 1. The first-order valence-corrected chi connectivity index (χ1v) is 6.31. The Hall–Kier alpha value is -1.36. The number of benzene rings is 1. The molecule has 1 atom stereocenters. The van der Waals surface area contributed by atoms with Crippen LogP contribution in [-0.2, 0) is 4.79 Å². The predicted octanol–water partition coefficient (Wildman–Crippen LogP) is 2.29. The lowest BCUT2D eigenvalue weighted by Gasteiger charge is -2.09. The third-order valence-corrected chi connectivity index (χ3v) is 3.14. The molecule has 0 aliphatic carbocycles. The van der Waals surface area contributed by atoms with Gasteiger partial charge in [-0.15, -0.1) is 0 Å². The Labute approximate surface area is 109 Å². The fourth-order valence-corrected chi connectivity index (χ4v) is 1.90. The number of alkyl halides is 1. The van der Waals surface area contributed by atoms with Crippen molar-refractivity contribution in [2.45, 2.75) is 24.6 Å². The summed E-state index contributed by atoms with van der Waals surface area (Å²) in [7, 11) is 0. The molecule has 0 spiro atoms. The quantitative estimate of drug-likeness (QED) is 0.819. The molecule has 0 fully saturated rings. The molecule has 92 valence electrons. The average Bonchev–Trinajstić information content (AvgIpc) is 2.30. The van der Waals surface area contributed by atoms with Crippen molar-refractivity contribution < 1.29 is 9.59 Å². The monoisotopic (exact) mass is 298 g/mol. The maximum absolute atomic E-state index is 11.7.